The van der Waals surface area contributed by atoms with E-state index in [9.17, 15) is 5.11 Å². The van der Waals surface area contributed by atoms with Crippen molar-refractivity contribution in [1.29, 1.82) is 0 Å². The van der Waals surface area contributed by atoms with Crippen LogP contribution in [-0.4, -0.2) is 24.9 Å². The summed E-state index contributed by atoms with van der Waals surface area (Å²) in [4.78, 5) is 8.30. The van der Waals surface area contributed by atoms with E-state index in [0.29, 0.717) is 17.2 Å². The second kappa shape index (κ2) is 5.22. The van der Waals surface area contributed by atoms with Crippen LogP contribution < -0.4 is 0 Å². The predicted molar refractivity (Wildman–Crippen MR) is 74.4 cm³/mol. The summed E-state index contributed by atoms with van der Waals surface area (Å²) in [5, 5.41) is 14.8. The molecule has 1 aromatic carbocycles. The van der Waals surface area contributed by atoms with Gasteiger partial charge < -0.3 is 5.11 Å². The highest BCUT2D eigenvalue weighted by molar-refractivity contribution is 5.34. The molecule has 0 amide bonds. The van der Waals surface area contributed by atoms with Gasteiger partial charge in [-0.25, -0.2) is 14.6 Å². The molecular formula is C15H14N4O. The zero-order valence-corrected chi connectivity index (χ0v) is 11.0. The lowest BCUT2D eigenvalue weighted by Gasteiger charge is -2.13. The molecule has 5 heteroatoms. The third kappa shape index (κ3) is 2.31. The first-order valence-electron chi connectivity index (χ1n) is 6.32. The maximum atomic E-state index is 10.5. The minimum Gasteiger partial charge on any atom is -0.380 e. The van der Waals surface area contributed by atoms with Crippen molar-refractivity contribution in [3.63, 3.8) is 0 Å². The fourth-order valence-corrected chi connectivity index (χ4v) is 2.08. The molecule has 0 saturated heterocycles. The normalized spacial score (nSPS) is 12.3. The fraction of sp³-hybridized carbons (Fsp3) is 0.133. The van der Waals surface area contributed by atoms with Crippen molar-refractivity contribution in [2.24, 2.45) is 0 Å². The molecule has 20 heavy (non-hydrogen) atoms. The number of aliphatic hydroxyl groups excluding tert-OH is 1. The van der Waals surface area contributed by atoms with E-state index in [1.807, 2.05) is 30.3 Å². The Morgan fingerprint density at radius 2 is 1.85 bits per heavy atom. The van der Waals surface area contributed by atoms with Crippen molar-refractivity contribution >= 4 is 0 Å². The first kappa shape index (κ1) is 12.5. The van der Waals surface area contributed by atoms with E-state index in [4.69, 9.17) is 0 Å². The molecule has 2 aromatic heterocycles. The smallest absolute Gasteiger partial charge is 0.138 e. The molecule has 1 unspecified atom stereocenters. The van der Waals surface area contributed by atoms with E-state index in [2.05, 4.69) is 15.1 Å². The number of nitrogens with zero attached hydrogens (tertiary/aromatic N) is 4. The number of benzene rings is 1. The quantitative estimate of drug-likeness (QED) is 0.788. The topological polar surface area (TPSA) is 63.8 Å². The van der Waals surface area contributed by atoms with Crippen LogP contribution in [0.15, 0.2) is 54.9 Å². The summed E-state index contributed by atoms with van der Waals surface area (Å²) >= 11 is 0. The van der Waals surface area contributed by atoms with Crippen LogP contribution in [0, 0.1) is 6.92 Å². The summed E-state index contributed by atoms with van der Waals surface area (Å²) in [5.74, 6) is 0.632. The number of aromatic nitrogens is 4. The van der Waals surface area contributed by atoms with E-state index in [1.165, 1.54) is 0 Å². The largest absolute Gasteiger partial charge is 0.380 e. The Morgan fingerprint density at radius 3 is 2.60 bits per heavy atom. The summed E-state index contributed by atoms with van der Waals surface area (Å²) in [6.07, 6.45) is 2.48. The molecule has 0 aliphatic rings. The molecule has 0 fully saturated rings. The summed E-state index contributed by atoms with van der Waals surface area (Å²) < 4.78 is 1.71. The molecule has 0 saturated carbocycles. The number of aliphatic hydroxyl groups is 1. The molecule has 100 valence electrons. The number of rotatable bonds is 3. The zero-order chi connectivity index (χ0) is 13.9. The van der Waals surface area contributed by atoms with Gasteiger partial charge in [0.25, 0.3) is 0 Å². The van der Waals surface area contributed by atoms with Crippen molar-refractivity contribution in [3.05, 3.63) is 72.1 Å². The van der Waals surface area contributed by atoms with Gasteiger partial charge in [-0.2, -0.15) is 5.10 Å². The van der Waals surface area contributed by atoms with Crippen molar-refractivity contribution < 1.29 is 5.11 Å². The van der Waals surface area contributed by atoms with E-state index >= 15 is 0 Å². The molecule has 5 nitrogen and oxygen atoms in total. The van der Waals surface area contributed by atoms with Gasteiger partial charge in [-0.05, 0) is 31.2 Å². The highest BCUT2D eigenvalue weighted by Gasteiger charge is 2.17. The molecule has 2 heterocycles. The van der Waals surface area contributed by atoms with E-state index in [1.54, 1.807) is 36.1 Å². The molecule has 3 aromatic rings. The Labute approximate surface area is 116 Å². The SMILES string of the molecule is Cc1nccc(C(O)c2ccnn2-c2ccccc2)n1. The summed E-state index contributed by atoms with van der Waals surface area (Å²) in [6.45, 7) is 1.80. The Balaban J connectivity index is 2.02. The van der Waals surface area contributed by atoms with Gasteiger partial charge in [-0.1, -0.05) is 18.2 Å². The lowest BCUT2D eigenvalue weighted by molar-refractivity contribution is 0.206. The van der Waals surface area contributed by atoms with E-state index in [0.717, 1.165) is 5.69 Å². The fourth-order valence-electron chi connectivity index (χ4n) is 2.08. The van der Waals surface area contributed by atoms with Gasteiger partial charge in [0.1, 0.15) is 11.9 Å². The third-order valence-electron chi connectivity index (χ3n) is 3.03. The molecule has 0 aliphatic carbocycles. The van der Waals surface area contributed by atoms with Crippen molar-refractivity contribution in [2.75, 3.05) is 0 Å². The maximum absolute atomic E-state index is 10.5. The number of hydrogen-bond acceptors (Lipinski definition) is 4. The second-order valence-electron chi connectivity index (χ2n) is 4.43. The van der Waals surface area contributed by atoms with Crippen LogP contribution in [0.1, 0.15) is 23.3 Å². The van der Waals surface area contributed by atoms with Gasteiger partial charge in [-0.3, -0.25) is 0 Å². The van der Waals surface area contributed by atoms with Gasteiger partial charge in [-0.15, -0.1) is 0 Å². The Hall–Kier alpha value is -2.53. The lowest BCUT2D eigenvalue weighted by Crippen LogP contribution is -2.10. The Bertz CT molecular complexity index is 709. The monoisotopic (exact) mass is 266 g/mol. The second-order valence-corrected chi connectivity index (χ2v) is 4.43. The standard InChI is InChI=1S/C15H14N4O/c1-11-16-9-7-13(18-11)15(20)14-8-10-17-19(14)12-5-3-2-4-6-12/h2-10,15,20H,1H3. The van der Waals surface area contributed by atoms with Gasteiger partial charge >= 0.3 is 0 Å². The van der Waals surface area contributed by atoms with Crippen LogP contribution in [0.2, 0.25) is 0 Å². The van der Waals surface area contributed by atoms with Crippen LogP contribution >= 0.6 is 0 Å². The first-order valence-corrected chi connectivity index (χ1v) is 6.32. The van der Waals surface area contributed by atoms with Crippen molar-refractivity contribution in [3.8, 4) is 5.69 Å². The molecular weight excluding hydrogens is 252 g/mol. The van der Waals surface area contributed by atoms with Gasteiger partial charge in [0.05, 0.1) is 17.1 Å². The highest BCUT2D eigenvalue weighted by Crippen LogP contribution is 2.22. The third-order valence-corrected chi connectivity index (χ3v) is 3.03. The number of para-hydroxylation sites is 1. The predicted octanol–water partition coefficient (Wildman–Crippen LogP) is 2.05. The van der Waals surface area contributed by atoms with E-state index < -0.39 is 6.10 Å². The number of aryl methyl sites for hydroxylation is 1. The molecule has 0 aliphatic heterocycles. The van der Waals surface area contributed by atoms with Crippen LogP contribution in [0.5, 0.6) is 0 Å². The van der Waals surface area contributed by atoms with Crippen LogP contribution in [0.4, 0.5) is 0 Å². The summed E-state index contributed by atoms with van der Waals surface area (Å²) in [6, 6.07) is 13.2. The maximum Gasteiger partial charge on any atom is 0.138 e. The van der Waals surface area contributed by atoms with Crippen molar-refractivity contribution in [2.45, 2.75) is 13.0 Å². The summed E-state index contributed by atoms with van der Waals surface area (Å²) in [7, 11) is 0. The number of hydrogen-bond donors (Lipinski definition) is 1. The average molecular weight is 266 g/mol. The Kier molecular flexibility index (Phi) is 3.26. The average Bonchev–Trinajstić information content (AvgIpc) is 2.97. The molecule has 0 bridgehead atoms. The molecule has 0 radical (unpaired) electrons. The van der Waals surface area contributed by atoms with Crippen LogP contribution in [-0.2, 0) is 0 Å². The first-order chi connectivity index (χ1) is 9.75. The molecule has 1 atom stereocenters. The van der Waals surface area contributed by atoms with Crippen molar-refractivity contribution in [1.82, 2.24) is 19.7 Å². The summed E-state index contributed by atoms with van der Waals surface area (Å²) in [5.41, 5.74) is 2.14. The van der Waals surface area contributed by atoms with Crippen LogP contribution in [0.3, 0.4) is 0 Å². The lowest BCUT2D eigenvalue weighted by atomic mass is 10.1. The molecule has 0 spiro atoms. The minimum atomic E-state index is -0.834. The Morgan fingerprint density at radius 1 is 1.05 bits per heavy atom. The molecule has 3 rings (SSSR count). The van der Waals surface area contributed by atoms with E-state index in [-0.39, 0.29) is 0 Å². The van der Waals surface area contributed by atoms with Gasteiger partial charge in [0, 0.05) is 12.4 Å². The zero-order valence-electron chi connectivity index (χ0n) is 11.0. The molecule has 1 N–H and O–H groups in total. The van der Waals surface area contributed by atoms with Crippen LogP contribution in [0.25, 0.3) is 5.69 Å². The highest BCUT2D eigenvalue weighted by atomic mass is 16.3. The van der Waals surface area contributed by atoms with Gasteiger partial charge in [0.15, 0.2) is 0 Å². The van der Waals surface area contributed by atoms with Gasteiger partial charge in [0.2, 0.25) is 0 Å². The minimum absolute atomic E-state index is 0.565.